The summed E-state index contributed by atoms with van der Waals surface area (Å²) in [4.78, 5) is 13.5. The van der Waals surface area contributed by atoms with E-state index in [1.165, 1.54) is 25.7 Å². The number of amides is 1. The van der Waals surface area contributed by atoms with Gasteiger partial charge in [0.1, 0.15) is 0 Å². The van der Waals surface area contributed by atoms with Gasteiger partial charge in [-0.1, -0.05) is 12.5 Å². The number of aromatic amines is 1. The lowest BCUT2D eigenvalue weighted by atomic mass is 9.84. The van der Waals surface area contributed by atoms with Gasteiger partial charge < -0.3 is 5.32 Å². The van der Waals surface area contributed by atoms with Crippen molar-refractivity contribution in [3.63, 3.8) is 0 Å². The molecule has 2 saturated carbocycles. The second-order valence-corrected chi connectivity index (χ2v) is 8.76. The average molecular weight is 377 g/mol. The molecule has 4 unspecified atom stereocenters. The standard InChI is InChI=1S/C18H24N4OS2/c1-11(14-10-12-4-5-13(14)9-12)19-16(23)6-7-22-17(20-21-18(22)24)15-3-2-8-25-15/h2-3,8,11-14H,4-7,9-10H2,1H3,(H,19,23)(H,21,24). The molecule has 2 aliphatic carbocycles. The molecular formula is C18H24N4OS2. The molecule has 2 bridgehead atoms. The lowest BCUT2D eigenvalue weighted by Crippen LogP contribution is -2.40. The van der Waals surface area contributed by atoms with Crippen LogP contribution in [0.25, 0.3) is 10.7 Å². The number of aromatic nitrogens is 3. The van der Waals surface area contributed by atoms with Crippen molar-refractivity contribution in [2.75, 3.05) is 0 Å². The first kappa shape index (κ1) is 17.0. The van der Waals surface area contributed by atoms with Crippen LogP contribution in [0.1, 0.15) is 39.0 Å². The van der Waals surface area contributed by atoms with E-state index in [1.54, 1.807) is 11.3 Å². The summed E-state index contributed by atoms with van der Waals surface area (Å²) in [6.45, 7) is 2.72. The Hall–Kier alpha value is -1.47. The second-order valence-electron chi connectivity index (χ2n) is 7.43. The molecule has 0 radical (unpaired) electrons. The average Bonchev–Trinajstić information content (AvgIpc) is 3.37. The number of rotatable bonds is 6. The smallest absolute Gasteiger partial charge is 0.222 e. The van der Waals surface area contributed by atoms with Crippen LogP contribution >= 0.6 is 23.6 Å². The number of hydrogen-bond acceptors (Lipinski definition) is 4. The Morgan fingerprint density at radius 3 is 3.08 bits per heavy atom. The van der Waals surface area contributed by atoms with Crippen molar-refractivity contribution >= 4 is 29.5 Å². The fraction of sp³-hybridized carbons (Fsp3) is 0.611. The SMILES string of the molecule is CC(NC(=O)CCn1c(-c2cccs2)n[nH]c1=S)C1CC2CCC1C2. The molecule has 0 aromatic carbocycles. The minimum Gasteiger partial charge on any atom is -0.353 e. The predicted octanol–water partition coefficient (Wildman–Crippen LogP) is 4.00. The molecule has 0 aliphatic heterocycles. The summed E-state index contributed by atoms with van der Waals surface area (Å²) in [7, 11) is 0. The number of carbonyl (C=O) groups excluding carboxylic acids is 1. The van der Waals surface area contributed by atoms with Crippen molar-refractivity contribution in [3.8, 4) is 10.7 Å². The third-order valence-corrected chi connectivity index (χ3v) is 7.06. The van der Waals surface area contributed by atoms with Crippen LogP contribution in [0, 0.1) is 22.5 Å². The van der Waals surface area contributed by atoms with E-state index in [2.05, 4.69) is 22.4 Å². The molecule has 2 fully saturated rings. The van der Waals surface area contributed by atoms with Crippen molar-refractivity contribution < 1.29 is 4.79 Å². The van der Waals surface area contributed by atoms with Gasteiger partial charge in [-0.2, -0.15) is 5.10 Å². The number of nitrogens with one attached hydrogen (secondary N) is 2. The topological polar surface area (TPSA) is 62.7 Å². The van der Waals surface area contributed by atoms with E-state index in [9.17, 15) is 4.79 Å². The van der Waals surface area contributed by atoms with Crippen LogP contribution in [0.5, 0.6) is 0 Å². The molecular weight excluding hydrogens is 352 g/mol. The Labute approximate surface area is 156 Å². The van der Waals surface area contributed by atoms with Gasteiger partial charge in [0, 0.05) is 19.0 Å². The highest BCUT2D eigenvalue weighted by atomic mass is 32.1. The Bertz CT molecular complexity index is 794. The van der Waals surface area contributed by atoms with Gasteiger partial charge in [-0.05, 0) is 67.6 Å². The highest BCUT2D eigenvalue weighted by molar-refractivity contribution is 7.71. The molecule has 134 valence electrons. The molecule has 7 heteroatoms. The number of fused-ring (bicyclic) bond motifs is 2. The fourth-order valence-electron chi connectivity index (χ4n) is 4.67. The predicted molar refractivity (Wildman–Crippen MR) is 102 cm³/mol. The minimum absolute atomic E-state index is 0.107. The van der Waals surface area contributed by atoms with E-state index in [0.29, 0.717) is 23.7 Å². The van der Waals surface area contributed by atoms with Crippen molar-refractivity contribution in [1.29, 1.82) is 0 Å². The van der Waals surface area contributed by atoms with Crippen molar-refractivity contribution in [2.24, 2.45) is 17.8 Å². The maximum Gasteiger partial charge on any atom is 0.222 e. The molecule has 2 heterocycles. The summed E-state index contributed by atoms with van der Waals surface area (Å²) >= 11 is 6.95. The summed E-state index contributed by atoms with van der Waals surface area (Å²) in [6, 6.07) is 4.28. The maximum atomic E-state index is 12.4. The van der Waals surface area contributed by atoms with Gasteiger partial charge in [0.2, 0.25) is 5.91 Å². The number of thiophene rings is 1. The van der Waals surface area contributed by atoms with Crippen LogP contribution in [0.2, 0.25) is 0 Å². The van der Waals surface area contributed by atoms with Gasteiger partial charge in [-0.3, -0.25) is 14.5 Å². The van der Waals surface area contributed by atoms with Gasteiger partial charge in [-0.15, -0.1) is 11.3 Å². The Kier molecular flexibility index (Phi) is 4.78. The van der Waals surface area contributed by atoms with Gasteiger partial charge >= 0.3 is 0 Å². The van der Waals surface area contributed by atoms with E-state index < -0.39 is 0 Å². The van der Waals surface area contributed by atoms with E-state index in [-0.39, 0.29) is 11.9 Å². The van der Waals surface area contributed by atoms with Gasteiger partial charge in [0.25, 0.3) is 0 Å². The largest absolute Gasteiger partial charge is 0.353 e. The Morgan fingerprint density at radius 1 is 1.52 bits per heavy atom. The van der Waals surface area contributed by atoms with Crippen LogP contribution in [0.15, 0.2) is 17.5 Å². The number of nitrogens with zero attached hydrogens (tertiary/aromatic N) is 2. The number of hydrogen-bond donors (Lipinski definition) is 2. The quantitative estimate of drug-likeness (QED) is 0.749. The molecule has 25 heavy (non-hydrogen) atoms. The van der Waals surface area contributed by atoms with Crippen LogP contribution in [0.4, 0.5) is 0 Å². The Balaban J connectivity index is 1.35. The van der Waals surface area contributed by atoms with Crippen LogP contribution in [-0.4, -0.2) is 26.7 Å². The van der Waals surface area contributed by atoms with Gasteiger partial charge in [-0.25, -0.2) is 0 Å². The third kappa shape index (κ3) is 3.44. The first-order valence-electron chi connectivity index (χ1n) is 9.10. The van der Waals surface area contributed by atoms with Crippen LogP contribution in [-0.2, 0) is 11.3 Å². The first-order valence-corrected chi connectivity index (χ1v) is 10.4. The van der Waals surface area contributed by atoms with E-state index in [1.807, 2.05) is 22.1 Å². The van der Waals surface area contributed by atoms with Crippen molar-refractivity contribution in [1.82, 2.24) is 20.1 Å². The summed E-state index contributed by atoms with van der Waals surface area (Å²) in [5.41, 5.74) is 0. The zero-order valence-electron chi connectivity index (χ0n) is 14.4. The molecule has 1 amide bonds. The normalized spacial score (nSPS) is 26.0. The zero-order chi connectivity index (χ0) is 17.4. The highest BCUT2D eigenvalue weighted by Crippen LogP contribution is 2.49. The lowest BCUT2D eigenvalue weighted by molar-refractivity contribution is -0.122. The summed E-state index contributed by atoms with van der Waals surface area (Å²) in [5.74, 6) is 3.32. The fourth-order valence-corrected chi connectivity index (χ4v) is 5.62. The molecule has 0 saturated heterocycles. The van der Waals surface area contributed by atoms with Crippen LogP contribution in [0.3, 0.4) is 0 Å². The van der Waals surface area contributed by atoms with Crippen molar-refractivity contribution in [2.45, 2.75) is 51.6 Å². The molecule has 4 rings (SSSR count). The van der Waals surface area contributed by atoms with Crippen LogP contribution < -0.4 is 5.32 Å². The molecule has 2 aromatic rings. The molecule has 2 aromatic heterocycles. The number of H-pyrrole nitrogens is 1. The van der Waals surface area contributed by atoms with Crippen molar-refractivity contribution in [3.05, 3.63) is 22.3 Å². The molecule has 5 nitrogen and oxygen atoms in total. The first-order chi connectivity index (χ1) is 12.1. The third-order valence-electron chi connectivity index (χ3n) is 5.89. The molecule has 4 atom stereocenters. The molecule has 2 N–H and O–H groups in total. The summed E-state index contributed by atoms with van der Waals surface area (Å²) < 4.78 is 2.49. The minimum atomic E-state index is 0.107. The summed E-state index contributed by atoms with van der Waals surface area (Å²) in [6.07, 6.45) is 5.84. The monoisotopic (exact) mass is 376 g/mol. The Morgan fingerprint density at radius 2 is 2.40 bits per heavy atom. The number of carbonyl (C=O) groups is 1. The van der Waals surface area contributed by atoms with E-state index in [4.69, 9.17) is 12.2 Å². The lowest BCUT2D eigenvalue weighted by Gasteiger charge is -2.28. The highest BCUT2D eigenvalue weighted by Gasteiger charge is 2.42. The van der Waals surface area contributed by atoms with E-state index in [0.717, 1.165) is 22.5 Å². The van der Waals surface area contributed by atoms with Gasteiger partial charge in [0.05, 0.1) is 4.88 Å². The maximum absolute atomic E-state index is 12.4. The summed E-state index contributed by atoms with van der Waals surface area (Å²) in [5, 5.41) is 12.4. The van der Waals surface area contributed by atoms with Gasteiger partial charge in [0.15, 0.2) is 10.6 Å². The van der Waals surface area contributed by atoms with E-state index >= 15 is 0 Å². The second kappa shape index (κ2) is 7.03. The zero-order valence-corrected chi connectivity index (χ0v) is 16.0. The molecule has 2 aliphatic rings. The molecule has 0 spiro atoms.